The van der Waals surface area contributed by atoms with Crippen molar-refractivity contribution in [2.75, 3.05) is 13.2 Å². The van der Waals surface area contributed by atoms with Gasteiger partial charge < -0.3 is 14.2 Å². The quantitative estimate of drug-likeness (QED) is 0.0261. The molecule has 470 valence electrons. The van der Waals surface area contributed by atoms with Crippen LogP contribution in [0.15, 0.2) is 109 Å². The summed E-state index contributed by atoms with van der Waals surface area (Å²) in [6.07, 6.45) is 95.6. The van der Waals surface area contributed by atoms with Crippen molar-refractivity contribution < 1.29 is 28.6 Å². The summed E-state index contributed by atoms with van der Waals surface area (Å²) in [7, 11) is 0. The molecule has 0 aromatic heterocycles. The molecule has 0 bridgehead atoms. The molecule has 0 aliphatic carbocycles. The third-order valence-corrected chi connectivity index (χ3v) is 15.0. The van der Waals surface area contributed by atoms with Gasteiger partial charge in [0.15, 0.2) is 6.10 Å². The molecule has 1 atom stereocenters. The topological polar surface area (TPSA) is 78.9 Å². The molecule has 0 radical (unpaired) electrons. The first-order chi connectivity index (χ1) is 40.5. The van der Waals surface area contributed by atoms with Crippen LogP contribution in [0.25, 0.3) is 0 Å². The summed E-state index contributed by atoms with van der Waals surface area (Å²) in [5, 5.41) is 0. The second kappa shape index (κ2) is 69.6. The van der Waals surface area contributed by atoms with Crippen molar-refractivity contribution >= 4 is 17.9 Å². The highest BCUT2D eigenvalue weighted by Gasteiger charge is 2.19. The van der Waals surface area contributed by atoms with E-state index < -0.39 is 6.10 Å². The van der Waals surface area contributed by atoms with Gasteiger partial charge in [0.05, 0.1) is 0 Å². The summed E-state index contributed by atoms with van der Waals surface area (Å²) in [6, 6.07) is 0. The Bertz CT molecular complexity index is 1640. The van der Waals surface area contributed by atoms with Crippen LogP contribution in [-0.2, 0) is 28.6 Å². The number of hydrogen-bond acceptors (Lipinski definition) is 6. The molecule has 0 spiro atoms. The van der Waals surface area contributed by atoms with Crippen LogP contribution in [0.3, 0.4) is 0 Å². The molecule has 0 aromatic rings. The second-order valence-corrected chi connectivity index (χ2v) is 23.0. The number of hydrogen-bond donors (Lipinski definition) is 0. The lowest BCUT2D eigenvalue weighted by atomic mass is 10.0. The van der Waals surface area contributed by atoms with Gasteiger partial charge in [-0.2, -0.15) is 0 Å². The Kier molecular flexibility index (Phi) is 66.2. The molecule has 0 saturated heterocycles. The van der Waals surface area contributed by atoms with Crippen molar-refractivity contribution in [3.63, 3.8) is 0 Å². The predicted molar refractivity (Wildman–Crippen MR) is 357 cm³/mol. The summed E-state index contributed by atoms with van der Waals surface area (Å²) in [6.45, 7) is 6.41. The van der Waals surface area contributed by atoms with Crippen molar-refractivity contribution in [1.29, 1.82) is 0 Å². The third kappa shape index (κ3) is 66.9. The van der Waals surface area contributed by atoms with E-state index in [9.17, 15) is 14.4 Å². The van der Waals surface area contributed by atoms with Gasteiger partial charge >= 0.3 is 17.9 Å². The van der Waals surface area contributed by atoms with Crippen molar-refractivity contribution in [3.8, 4) is 0 Å². The van der Waals surface area contributed by atoms with Crippen LogP contribution in [0.5, 0.6) is 0 Å². The maximum Gasteiger partial charge on any atom is 0.306 e. The van der Waals surface area contributed by atoms with Gasteiger partial charge in [0.2, 0.25) is 0 Å². The van der Waals surface area contributed by atoms with E-state index in [0.29, 0.717) is 19.3 Å². The molecular weight excluding hydrogens is 1010 g/mol. The first-order valence-corrected chi connectivity index (χ1v) is 34.9. The largest absolute Gasteiger partial charge is 0.462 e. The van der Waals surface area contributed by atoms with Crippen LogP contribution in [0.1, 0.15) is 335 Å². The highest BCUT2D eigenvalue weighted by molar-refractivity contribution is 5.71. The third-order valence-electron chi connectivity index (χ3n) is 15.0. The molecule has 6 nitrogen and oxygen atoms in total. The lowest BCUT2D eigenvalue weighted by molar-refractivity contribution is -0.167. The first-order valence-electron chi connectivity index (χ1n) is 34.9. The Morgan fingerprint density at radius 3 is 0.768 bits per heavy atom. The van der Waals surface area contributed by atoms with Crippen LogP contribution in [0.4, 0.5) is 0 Å². The first kappa shape index (κ1) is 78.1. The van der Waals surface area contributed by atoms with Crippen molar-refractivity contribution in [2.24, 2.45) is 0 Å². The molecule has 0 saturated carbocycles. The minimum Gasteiger partial charge on any atom is -0.462 e. The maximum absolute atomic E-state index is 12.9. The van der Waals surface area contributed by atoms with E-state index in [2.05, 4.69) is 130 Å². The van der Waals surface area contributed by atoms with Gasteiger partial charge in [-0.15, -0.1) is 0 Å². The predicted octanol–water partition coefficient (Wildman–Crippen LogP) is 24.2. The van der Waals surface area contributed by atoms with Crippen LogP contribution in [0, 0.1) is 0 Å². The SMILES string of the molecule is CC/C=C\C/C=C\C/C=C\C/C=C\C/C=C\CCCCCCCCCCCCCCCCCCCCCC(=O)OCC(COC(=O)CCCCC/C=C\C/C=C\C/C=C\CC)OC(=O)CCCCCCC/C=C\CCCCCCCCC. The van der Waals surface area contributed by atoms with Crippen LogP contribution < -0.4 is 0 Å². The van der Waals surface area contributed by atoms with Crippen molar-refractivity contribution in [2.45, 2.75) is 341 Å². The standard InChI is InChI=1S/C76H130O6/c1-4-7-10-13-16-19-22-25-27-29-30-31-32-33-34-35-36-37-38-39-40-41-42-43-44-45-46-47-49-51-54-57-60-63-66-69-75(78)81-72-73(71-80-74(77)68-65-62-59-56-53-50-24-21-18-15-12-9-6-3)82-76(79)70-67-64-61-58-55-52-48-28-26-23-20-17-14-11-8-5-2/h7,9-10,12,16,18-19,21,25,27-28,30-31,33-34,48,50,53,73H,4-6,8,11,13-15,17,20,22-24,26,29,32,35-47,49,51-52,54-72H2,1-3H3/b10-7-,12-9-,19-16-,21-18-,27-25-,31-30-,34-33-,48-28-,53-50-. The fourth-order valence-corrected chi connectivity index (χ4v) is 9.83. The van der Waals surface area contributed by atoms with E-state index >= 15 is 0 Å². The van der Waals surface area contributed by atoms with Crippen LogP contribution in [0.2, 0.25) is 0 Å². The van der Waals surface area contributed by atoms with Gasteiger partial charge in [0, 0.05) is 19.3 Å². The molecule has 0 aliphatic rings. The summed E-state index contributed by atoms with van der Waals surface area (Å²) < 4.78 is 16.9. The Morgan fingerprint density at radius 1 is 0.256 bits per heavy atom. The number of carbonyl (C=O) groups is 3. The Hall–Kier alpha value is -3.93. The molecule has 1 unspecified atom stereocenters. The lowest BCUT2D eigenvalue weighted by Gasteiger charge is -2.18. The summed E-state index contributed by atoms with van der Waals surface area (Å²) in [5.41, 5.74) is 0. The van der Waals surface area contributed by atoms with Crippen molar-refractivity contribution in [3.05, 3.63) is 109 Å². The number of carbonyl (C=O) groups excluding carboxylic acids is 3. The van der Waals surface area contributed by atoms with Gasteiger partial charge in [-0.3, -0.25) is 14.4 Å². The Morgan fingerprint density at radius 2 is 0.476 bits per heavy atom. The van der Waals surface area contributed by atoms with E-state index in [1.54, 1.807) is 0 Å². The minimum atomic E-state index is -0.794. The Balaban J connectivity index is 4.14. The number of ether oxygens (including phenoxy) is 3. The lowest BCUT2D eigenvalue weighted by Crippen LogP contribution is -2.30. The van der Waals surface area contributed by atoms with Crippen molar-refractivity contribution in [1.82, 2.24) is 0 Å². The zero-order chi connectivity index (χ0) is 59.2. The highest BCUT2D eigenvalue weighted by Crippen LogP contribution is 2.17. The molecule has 0 N–H and O–H groups in total. The van der Waals surface area contributed by atoms with Gasteiger partial charge in [0.1, 0.15) is 13.2 Å². The van der Waals surface area contributed by atoms with Gasteiger partial charge in [0.25, 0.3) is 0 Å². The van der Waals surface area contributed by atoms with E-state index in [1.807, 2.05) is 0 Å². The van der Waals surface area contributed by atoms with Gasteiger partial charge in [-0.1, -0.05) is 304 Å². The summed E-state index contributed by atoms with van der Waals surface area (Å²) in [5.74, 6) is -0.914. The number of allylic oxidation sites excluding steroid dienone is 18. The van der Waals surface area contributed by atoms with Gasteiger partial charge in [-0.25, -0.2) is 0 Å². The number of unbranched alkanes of at least 4 members (excludes halogenated alkanes) is 34. The number of rotatable bonds is 63. The maximum atomic E-state index is 12.9. The molecular formula is C76H130O6. The minimum absolute atomic E-state index is 0.0877. The van der Waals surface area contributed by atoms with E-state index in [4.69, 9.17) is 14.2 Å². The molecule has 0 heterocycles. The fraction of sp³-hybridized carbons (Fsp3) is 0.724. The molecule has 0 fully saturated rings. The van der Waals surface area contributed by atoms with E-state index in [1.165, 1.54) is 167 Å². The molecule has 6 heteroatoms. The van der Waals surface area contributed by atoms with E-state index in [-0.39, 0.29) is 31.1 Å². The molecule has 0 amide bonds. The number of esters is 3. The molecule has 0 aliphatic heterocycles. The van der Waals surface area contributed by atoms with Gasteiger partial charge in [-0.05, 0) is 122 Å². The zero-order valence-corrected chi connectivity index (χ0v) is 54.0. The van der Waals surface area contributed by atoms with E-state index in [0.717, 1.165) is 128 Å². The highest BCUT2D eigenvalue weighted by atomic mass is 16.6. The summed E-state index contributed by atoms with van der Waals surface area (Å²) in [4.78, 5) is 38.3. The Labute approximate surface area is 508 Å². The molecule has 0 rings (SSSR count). The summed E-state index contributed by atoms with van der Waals surface area (Å²) >= 11 is 0. The molecule has 82 heavy (non-hydrogen) atoms. The normalized spacial score (nSPS) is 12.8. The van der Waals surface area contributed by atoms with Crippen LogP contribution in [-0.4, -0.2) is 37.2 Å². The average Bonchev–Trinajstić information content (AvgIpc) is 3.47. The van der Waals surface area contributed by atoms with Crippen LogP contribution >= 0.6 is 0 Å². The average molecular weight is 1140 g/mol. The zero-order valence-electron chi connectivity index (χ0n) is 54.0. The fourth-order valence-electron chi connectivity index (χ4n) is 9.83. The molecule has 0 aromatic carbocycles. The monoisotopic (exact) mass is 1140 g/mol. The second-order valence-electron chi connectivity index (χ2n) is 23.0. The smallest absolute Gasteiger partial charge is 0.306 e.